The molecule has 164 valence electrons. The van der Waals surface area contributed by atoms with Crippen molar-refractivity contribution in [2.24, 2.45) is 0 Å². The fourth-order valence-electron chi connectivity index (χ4n) is 4.16. The Kier molecular flexibility index (Phi) is 7.58. The Bertz CT molecular complexity index is 965. The first-order valence-corrected chi connectivity index (χ1v) is 12.5. The molecule has 0 unspecified atom stereocenters. The van der Waals surface area contributed by atoms with Gasteiger partial charge in [-0.2, -0.15) is 0 Å². The van der Waals surface area contributed by atoms with Gasteiger partial charge < -0.3 is 15.5 Å². The van der Waals surface area contributed by atoms with Crippen LogP contribution in [0.5, 0.6) is 0 Å². The molecule has 2 aromatic carbocycles. The van der Waals surface area contributed by atoms with Crippen molar-refractivity contribution in [1.29, 1.82) is 0 Å². The molecule has 6 nitrogen and oxygen atoms in total. The predicted molar refractivity (Wildman–Crippen MR) is 123 cm³/mol. The molecule has 7 heteroatoms. The van der Waals surface area contributed by atoms with Gasteiger partial charge in [-0.05, 0) is 31.4 Å². The number of carbonyl (C=O) groups is 1. The number of anilines is 1. The molecular weight excluding hydrogens is 398 g/mol. The average molecular weight is 432 g/mol. The van der Waals surface area contributed by atoms with Crippen molar-refractivity contribution in [2.75, 3.05) is 31.3 Å². The van der Waals surface area contributed by atoms with E-state index in [1.807, 2.05) is 43.3 Å². The van der Waals surface area contributed by atoms with Gasteiger partial charge in [0.15, 0.2) is 9.84 Å². The van der Waals surface area contributed by atoms with Crippen LogP contribution < -0.4 is 15.5 Å². The van der Waals surface area contributed by atoms with Crippen molar-refractivity contribution in [3.8, 4) is 0 Å². The summed E-state index contributed by atoms with van der Waals surface area (Å²) in [5.41, 5.74) is 0.987. The van der Waals surface area contributed by atoms with Crippen LogP contribution in [0.15, 0.2) is 41.3 Å². The molecule has 0 aliphatic heterocycles. The SMILES string of the molecule is CN(C)c1cccc2c(S(=O)(=O)CCCNC(=O)NC3CCCCCC3)cccc12. The fourth-order valence-corrected chi connectivity index (χ4v) is 5.70. The summed E-state index contributed by atoms with van der Waals surface area (Å²) in [4.78, 5) is 14.5. The van der Waals surface area contributed by atoms with Crippen LogP contribution in [0, 0.1) is 0 Å². The third-order valence-electron chi connectivity index (χ3n) is 5.74. The third-order valence-corrected chi connectivity index (χ3v) is 7.59. The lowest BCUT2D eigenvalue weighted by molar-refractivity contribution is 0.235. The Hall–Kier alpha value is -2.28. The number of amides is 2. The molecule has 2 aromatic rings. The molecule has 30 heavy (non-hydrogen) atoms. The molecule has 0 atom stereocenters. The largest absolute Gasteiger partial charge is 0.377 e. The second-order valence-electron chi connectivity index (χ2n) is 8.28. The Morgan fingerprint density at radius 1 is 1.00 bits per heavy atom. The number of hydrogen-bond acceptors (Lipinski definition) is 4. The molecule has 2 N–H and O–H groups in total. The van der Waals surface area contributed by atoms with Crippen LogP contribution in [0.25, 0.3) is 10.8 Å². The van der Waals surface area contributed by atoms with Gasteiger partial charge in [-0.3, -0.25) is 0 Å². The summed E-state index contributed by atoms with van der Waals surface area (Å²) < 4.78 is 26.0. The fraction of sp³-hybridized carbons (Fsp3) is 0.522. The first-order chi connectivity index (χ1) is 14.4. The van der Waals surface area contributed by atoms with Gasteiger partial charge in [0.1, 0.15) is 0 Å². The van der Waals surface area contributed by atoms with Crippen LogP contribution in [0.4, 0.5) is 10.5 Å². The highest BCUT2D eigenvalue weighted by atomic mass is 32.2. The van der Waals surface area contributed by atoms with E-state index in [4.69, 9.17) is 0 Å². The van der Waals surface area contributed by atoms with E-state index in [2.05, 4.69) is 10.6 Å². The Balaban J connectivity index is 1.58. The maximum absolute atomic E-state index is 13.0. The van der Waals surface area contributed by atoms with E-state index in [0.717, 1.165) is 42.1 Å². The molecule has 1 aliphatic rings. The number of nitrogens with zero attached hydrogens (tertiary/aromatic N) is 1. The molecule has 0 aromatic heterocycles. The van der Waals surface area contributed by atoms with Gasteiger partial charge in [-0.25, -0.2) is 13.2 Å². The van der Waals surface area contributed by atoms with Gasteiger partial charge in [-0.15, -0.1) is 0 Å². The molecule has 0 heterocycles. The number of benzene rings is 2. The highest BCUT2D eigenvalue weighted by molar-refractivity contribution is 7.91. The highest BCUT2D eigenvalue weighted by Crippen LogP contribution is 2.30. The van der Waals surface area contributed by atoms with Crippen LogP contribution >= 0.6 is 0 Å². The summed E-state index contributed by atoms with van der Waals surface area (Å²) in [6.07, 6.45) is 7.22. The first kappa shape index (κ1) is 22.4. The van der Waals surface area contributed by atoms with Gasteiger partial charge in [0.2, 0.25) is 0 Å². The van der Waals surface area contributed by atoms with E-state index in [1.165, 1.54) is 12.8 Å². The van der Waals surface area contributed by atoms with Gasteiger partial charge in [0.05, 0.1) is 10.6 Å². The van der Waals surface area contributed by atoms with Crippen molar-refractivity contribution < 1.29 is 13.2 Å². The molecule has 0 bridgehead atoms. The van der Waals surface area contributed by atoms with Gasteiger partial charge in [0.25, 0.3) is 0 Å². The van der Waals surface area contributed by atoms with Crippen LogP contribution in [0.3, 0.4) is 0 Å². The Morgan fingerprint density at radius 3 is 2.37 bits per heavy atom. The van der Waals surface area contributed by atoms with Crippen molar-refractivity contribution in [1.82, 2.24) is 10.6 Å². The number of carbonyl (C=O) groups excluding carboxylic acids is 1. The molecule has 0 radical (unpaired) electrons. The number of sulfone groups is 1. The summed E-state index contributed by atoms with van der Waals surface area (Å²) in [5, 5.41) is 7.50. The van der Waals surface area contributed by atoms with E-state index >= 15 is 0 Å². The van der Waals surface area contributed by atoms with Crippen LogP contribution in [-0.4, -0.2) is 46.9 Å². The lowest BCUT2D eigenvalue weighted by atomic mass is 10.1. The highest BCUT2D eigenvalue weighted by Gasteiger charge is 2.19. The molecule has 1 fully saturated rings. The predicted octanol–water partition coefficient (Wildman–Crippen LogP) is 4.09. The lowest BCUT2D eigenvalue weighted by Gasteiger charge is -2.17. The van der Waals surface area contributed by atoms with Crippen molar-refractivity contribution >= 4 is 32.3 Å². The molecule has 3 rings (SSSR count). The monoisotopic (exact) mass is 431 g/mol. The number of urea groups is 1. The first-order valence-electron chi connectivity index (χ1n) is 10.8. The zero-order valence-corrected chi connectivity index (χ0v) is 18.8. The van der Waals surface area contributed by atoms with Crippen LogP contribution in [-0.2, 0) is 9.84 Å². The third kappa shape index (κ3) is 5.65. The summed E-state index contributed by atoms with van der Waals surface area (Å²) in [5.74, 6) is 0.00200. The van der Waals surface area contributed by atoms with E-state index in [9.17, 15) is 13.2 Å². The molecule has 0 spiro atoms. The maximum Gasteiger partial charge on any atom is 0.315 e. The minimum atomic E-state index is -3.45. The summed E-state index contributed by atoms with van der Waals surface area (Å²) in [7, 11) is 0.443. The second kappa shape index (κ2) is 10.2. The number of rotatable bonds is 7. The van der Waals surface area contributed by atoms with E-state index < -0.39 is 9.84 Å². The van der Waals surface area contributed by atoms with Gasteiger partial charge in [-0.1, -0.05) is 49.9 Å². The van der Waals surface area contributed by atoms with Crippen LogP contribution in [0.1, 0.15) is 44.9 Å². The van der Waals surface area contributed by atoms with E-state index in [-0.39, 0.29) is 17.8 Å². The zero-order chi connectivity index (χ0) is 21.6. The lowest BCUT2D eigenvalue weighted by Crippen LogP contribution is -2.42. The van der Waals surface area contributed by atoms with Crippen molar-refractivity contribution in [3.63, 3.8) is 0 Å². The summed E-state index contributed by atoms with van der Waals surface area (Å²) in [6, 6.07) is 11.2. The van der Waals surface area contributed by atoms with Crippen molar-refractivity contribution in [2.45, 2.75) is 55.9 Å². The average Bonchev–Trinajstić information content (AvgIpc) is 2.98. The maximum atomic E-state index is 13.0. The smallest absolute Gasteiger partial charge is 0.315 e. The molecule has 1 aliphatic carbocycles. The summed E-state index contributed by atoms with van der Waals surface area (Å²) in [6.45, 7) is 0.339. The van der Waals surface area contributed by atoms with E-state index in [1.54, 1.807) is 12.1 Å². The molecular formula is C23H33N3O3S. The Morgan fingerprint density at radius 2 is 1.67 bits per heavy atom. The number of nitrogens with one attached hydrogen (secondary N) is 2. The Labute approximate surface area is 179 Å². The van der Waals surface area contributed by atoms with E-state index in [0.29, 0.717) is 17.9 Å². The summed E-state index contributed by atoms with van der Waals surface area (Å²) >= 11 is 0. The topological polar surface area (TPSA) is 78.5 Å². The molecule has 1 saturated carbocycles. The van der Waals surface area contributed by atoms with Gasteiger partial charge in [0, 0.05) is 43.1 Å². The standard InChI is InChI=1S/C23H33N3O3S/c1-26(2)21-14-7-13-20-19(21)12-8-15-22(20)30(28,29)17-9-16-24-23(27)25-18-10-5-3-4-6-11-18/h7-8,12-15,18H,3-6,9-11,16-17H2,1-2H3,(H2,24,25,27). The second-order valence-corrected chi connectivity index (χ2v) is 10.4. The van der Waals surface area contributed by atoms with Crippen LogP contribution in [0.2, 0.25) is 0 Å². The molecule has 2 amide bonds. The number of fused-ring (bicyclic) bond motifs is 1. The quantitative estimate of drug-likeness (QED) is 0.511. The minimum Gasteiger partial charge on any atom is -0.377 e. The van der Waals surface area contributed by atoms with Gasteiger partial charge >= 0.3 is 6.03 Å². The normalized spacial score (nSPS) is 15.5. The molecule has 0 saturated heterocycles. The van der Waals surface area contributed by atoms with Crippen molar-refractivity contribution in [3.05, 3.63) is 36.4 Å². The zero-order valence-electron chi connectivity index (χ0n) is 18.0. The number of hydrogen-bond donors (Lipinski definition) is 2. The minimum absolute atomic E-state index is 0.00200.